The summed E-state index contributed by atoms with van der Waals surface area (Å²) in [6.45, 7) is 7.25. The Hall–Kier alpha value is -2.73. The molecule has 0 aromatic carbocycles. The van der Waals surface area contributed by atoms with E-state index in [0.29, 0.717) is 6.54 Å². The number of aryl methyl sites for hydroxylation is 1. The van der Waals surface area contributed by atoms with Crippen molar-refractivity contribution in [1.82, 2.24) is 15.0 Å². The van der Waals surface area contributed by atoms with Crippen LogP contribution >= 0.6 is 0 Å². The molecule has 3 N–H and O–H groups in total. The van der Waals surface area contributed by atoms with Gasteiger partial charge >= 0.3 is 0 Å². The number of allylic oxidation sites excluding steroid dienone is 2. The van der Waals surface area contributed by atoms with Crippen molar-refractivity contribution < 1.29 is 5.11 Å². The first-order chi connectivity index (χ1) is 12.6. The van der Waals surface area contributed by atoms with Gasteiger partial charge in [-0.3, -0.25) is 4.98 Å². The molecule has 1 aliphatic rings. The monoisotopic (exact) mass is 351 g/mol. The van der Waals surface area contributed by atoms with Gasteiger partial charge in [0.25, 0.3) is 0 Å². The van der Waals surface area contributed by atoms with Gasteiger partial charge in [-0.1, -0.05) is 12.2 Å². The molecule has 6 heteroatoms. The maximum atomic E-state index is 9.97. The van der Waals surface area contributed by atoms with E-state index in [2.05, 4.69) is 32.5 Å². The Morgan fingerprint density at radius 2 is 2.15 bits per heavy atom. The van der Waals surface area contributed by atoms with E-state index in [-0.39, 0.29) is 12.1 Å². The summed E-state index contributed by atoms with van der Waals surface area (Å²) in [5, 5.41) is 9.97. The van der Waals surface area contributed by atoms with Crippen molar-refractivity contribution in [3.05, 3.63) is 60.2 Å². The quantitative estimate of drug-likeness (QED) is 0.614. The Balaban J connectivity index is 2.11. The van der Waals surface area contributed by atoms with Crippen molar-refractivity contribution in [2.75, 3.05) is 23.7 Å². The maximum Gasteiger partial charge on any atom is 0.220 e. The van der Waals surface area contributed by atoms with Crippen LogP contribution in [0.1, 0.15) is 36.2 Å². The van der Waals surface area contributed by atoms with Gasteiger partial charge in [0, 0.05) is 48.0 Å². The molecule has 0 saturated carbocycles. The lowest BCUT2D eigenvalue weighted by molar-refractivity contribution is 0.198. The van der Waals surface area contributed by atoms with Crippen molar-refractivity contribution in [2.24, 2.45) is 0 Å². The lowest BCUT2D eigenvalue weighted by atomic mass is 9.97. The van der Waals surface area contributed by atoms with Crippen molar-refractivity contribution >= 4 is 17.2 Å². The van der Waals surface area contributed by atoms with Crippen LogP contribution in [-0.2, 0) is 0 Å². The molecule has 1 atom stereocenters. The molecule has 0 amide bonds. The normalized spacial score (nSPS) is 17.5. The molecule has 0 spiro atoms. The van der Waals surface area contributed by atoms with E-state index >= 15 is 0 Å². The molecule has 26 heavy (non-hydrogen) atoms. The molecule has 1 saturated heterocycles. The van der Waals surface area contributed by atoms with Crippen molar-refractivity contribution in [3.8, 4) is 0 Å². The molecule has 2 aromatic rings. The summed E-state index contributed by atoms with van der Waals surface area (Å²) in [5.74, 6) is 0.247. The van der Waals surface area contributed by atoms with Crippen LogP contribution < -0.4 is 10.6 Å². The Kier molecular flexibility index (Phi) is 5.63. The highest BCUT2D eigenvalue weighted by atomic mass is 16.3. The fourth-order valence-electron chi connectivity index (χ4n) is 3.31. The molecular weight excluding hydrogens is 326 g/mol. The number of nitrogens with two attached hydrogens (primary N) is 1. The molecular formula is C20H25N5O. The molecule has 1 aliphatic heterocycles. The number of rotatable bonds is 6. The number of aliphatic hydroxyl groups is 1. The molecule has 136 valence electrons. The number of hydrogen-bond acceptors (Lipinski definition) is 6. The Morgan fingerprint density at radius 3 is 2.85 bits per heavy atom. The standard InChI is InChI=1S/C20H25N5O/c1-3-4-5-6-16(17-7-10-23-20(21)24-17)19-14(2)22-11-8-18(19)25-12-9-15(26)13-25/h3,6-8,10-11,15,26H,1,4-5,9,12-13H2,2H3,(H2,21,23,24). The number of unbranched alkanes of at least 4 members (excludes halogenated alkanes) is 1. The van der Waals surface area contributed by atoms with E-state index in [1.807, 2.05) is 31.3 Å². The zero-order chi connectivity index (χ0) is 18.5. The fraction of sp³-hybridized carbons (Fsp3) is 0.350. The lowest BCUT2D eigenvalue weighted by Crippen LogP contribution is -2.23. The zero-order valence-electron chi connectivity index (χ0n) is 15.1. The van der Waals surface area contributed by atoms with Crippen LogP contribution in [0.15, 0.2) is 43.3 Å². The predicted molar refractivity (Wildman–Crippen MR) is 105 cm³/mol. The van der Waals surface area contributed by atoms with Crippen LogP contribution in [0.25, 0.3) is 5.57 Å². The van der Waals surface area contributed by atoms with Crippen LogP contribution in [-0.4, -0.2) is 39.3 Å². The number of anilines is 2. The minimum absolute atomic E-state index is 0.247. The number of nitrogen functional groups attached to an aromatic ring is 1. The van der Waals surface area contributed by atoms with Gasteiger partial charge in [-0.15, -0.1) is 6.58 Å². The number of aromatic nitrogens is 3. The number of β-amino-alcohol motifs (C(OH)–C–C–N with tert-alkyl or cyclic N) is 1. The molecule has 3 rings (SSSR count). The molecule has 0 aliphatic carbocycles. The van der Waals surface area contributed by atoms with Crippen LogP contribution in [0.5, 0.6) is 0 Å². The summed E-state index contributed by atoms with van der Waals surface area (Å²) < 4.78 is 0. The van der Waals surface area contributed by atoms with Crippen LogP contribution in [0.4, 0.5) is 11.6 Å². The number of hydrogen-bond donors (Lipinski definition) is 2. The first kappa shape index (κ1) is 18.1. The van der Waals surface area contributed by atoms with Gasteiger partial charge < -0.3 is 15.7 Å². The molecule has 2 aromatic heterocycles. The van der Waals surface area contributed by atoms with Gasteiger partial charge in [-0.25, -0.2) is 9.97 Å². The molecule has 1 unspecified atom stereocenters. The Bertz CT molecular complexity index is 818. The minimum Gasteiger partial charge on any atom is -0.391 e. The Labute approximate surface area is 154 Å². The molecule has 0 radical (unpaired) electrons. The minimum atomic E-state index is -0.292. The fourth-order valence-corrected chi connectivity index (χ4v) is 3.31. The Morgan fingerprint density at radius 1 is 1.35 bits per heavy atom. The van der Waals surface area contributed by atoms with Crippen molar-refractivity contribution in [2.45, 2.75) is 32.3 Å². The number of pyridine rings is 1. The average Bonchev–Trinajstić information content (AvgIpc) is 3.05. The van der Waals surface area contributed by atoms with E-state index in [1.54, 1.807) is 6.20 Å². The molecule has 6 nitrogen and oxygen atoms in total. The van der Waals surface area contributed by atoms with Gasteiger partial charge in [0.05, 0.1) is 11.8 Å². The summed E-state index contributed by atoms with van der Waals surface area (Å²) >= 11 is 0. The number of nitrogens with zero attached hydrogens (tertiary/aromatic N) is 4. The van der Waals surface area contributed by atoms with Crippen molar-refractivity contribution in [1.29, 1.82) is 0 Å². The van der Waals surface area contributed by atoms with Gasteiger partial charge in [-0.2, -0.15) is 0 Å². The van der Waals surface area contributed by atoms with Crippen molar-refractivity contribution in [3.63, 3.8) is 0 Å². The highest BCUT2D eigenvalue weighted by Gasteiger charge is 2.25. The smallest absolute Gasteiger partial charge is 0.220 e. The molecule has 3 heterocycles. The third-order valence-corrected chi connectivity index (χ3v) is 4.56. The predicted octanol–water partition coefficient (Wildman–Crippen LogP) is 2.73. The van der Waals surface area contributed by atoms with E-state index in [9.17, 15) is 5.11 Å². The first-order valence-corrected chi connectivity index (χ1v) is 8.89. The van der Waals surface area contributed by atoms with Crippen LogP contribution in [0, 0.1) is 6.92 Å². The van der Waals surface area contributed by atoms with E-state index < -0.39 is 0 Å². The van der Waals surface area contributed by atoms with Crippen LogP contribution in [0.3, 0.4) is 0 Å². The first-order valence-electron chi connectivity index (χ1n) is 8.89. The second-order valence-corrected chi connectivity index (χ2v) is 6.46. The highest BCUT2D eigenvalue weighted by Crippen LogP contribution is 2.35. The maximum absolute atomic E-state index is 9.97. The van der Waals surface area contributed by atoms with E-state index in [4.69, 9.17) is 5.73 Å². The second kappa shape index (κ2) is 8.10. The SMILES string of the molecule is C=CCCC=C(c1ccnc(N)n1)c1c(N2CCC(O)C2)ccnc1C. The average molecular weight is 351 g/mol. The van der Waals surface area contributed by atoms with Gasteiger partial charge in [0.1, 0.15) is 0 Å². The summed E-state index contributed by atoms with van der Waals surface area (Å²) in [5.41, 5.74) is 10.6. The number of aliphatic hydroxyl groups excluding tert-OH is 1. The third kappa shape index (κ3) is 3.91. The summed E-state index contributed by atoms with van der Waals surface area (Å²) in [6.07, 6.45) is 9.74. The third-order valence-electron chi connectivity index (χ3n) is 4.56. The summed E-state index contributed by atoms with van der Waals surface area (Å²) in [7, 11) is 0. The molecule has 0 bridgehead atoms. The van der Waals surface area contributed by atoms with E-state index in [0.717, 1.165) is 54.0 Å². The van der Waals surface area contributed by atoms with Crippen LogP contribution in [0.2, 0.25) is 0 Å². The summed E-state index contributed by atoms with van der Waals surface area (Å²) in [4.78, 5) is 15.1. The largest absolute Gasteiger partial charge is 0.391 e. The zero-order valence-corrected chi connectivity index (χ0v) is 15.1. The van der Waals surface area contributed by atoms with Gasteiger partial charge in [-0.05, 0) is 38.3 Å². The van der Waals surface area contributed by atoms with Gasteiger partial charge in [0.15, 0.2) is 0 Å². The molecule has 1 fully saturated rings. The topological polar surface area (TPSA) is 88.2 Å². The van der Waals surface area contributed by atoms with E-state index in [1.165, 1.54) is 0 Å². The van der Waals surface area contributed by atoms with Gasteiger partial charge in [0.2, 0.25) is 5.95 Å². The summed E-state index contributed by atoms with van der Waals surface area (Å²) in [6, 6.07) is 3.87. The second-order valence-electron chi connectivity index (χ2n) is 6.46. The lowest BCUT2D eigenvalue weighted by Gasteiger charge is -2.24. The highest BCUT2D eigenvalue weighted by molar-refractivity contribution is 5.86.